The molecule has 0 aromatic rings. The van der Waals surface area contributed by atoms with Gasteiger partial charge in [-0.1, -0.05) is 19.3 Å². The molecule has 0 amide bonds. The lowest BCUT2D eigenvalue weighted by molar-refractivity contribution is 0.201. The molecule has 1 aliphatic carbocycles. The molecule has 68 valence electrons. The summed E-state index contributed by atoms with van der Waals surface area (Å²) >= 11 is 0. The van der Waals surface area contributed by atoms with Crippen LogP contribution < -0.4 is 5.73 Å². The van der Waals surface area contributed by atoms with Crippen LogP contribution in [0.1, 0.15) is 32.1 Å². The summed E-state index contributed by atoms with van der Waals surface area (Å²) < 4.78 is 5.42. The van der Waals surface area contributed by atoms with Crippen LogP contribution in [0.25, 0.3) is 0 Å². The van der Waals surface area contributed by atoms with E-state index in [9.17, 15) is 0 Å². The van der Waals surface area contributed by atoms with Gasteiger partial charge in [0.05, 0.1) is 12.6 Å². The standard InChI is InChI=1S/C10H17NO/c11-9(7-8-3-1-4-8)10-5-2-6-12-10/h5,8-9H,1-4,6-7,11H2. The molecule has 1 aliphatic heterocycles. The molecule has 1 fully saturated rings. The molecule has 0 saturated heterocycles. The van der Waals surface area contributed by atoms with Crippen molar-refractivity contribution in [3.63, 3.8) is 0 Å². The van der Waals surface area contributed by atoms with Gasteiger partial charge in [0.2, 0.25) is 0 Å². The molecule has 12 heavy (non-hydrogen) atoms. The lowest BCUT2D eigenvalue weighted by Gasteiger charge is -2.28. The fraction of sp³-hybridized carbons (Fsp3) is 0.800. The molecule has 2 N–H and O–H groups in total. The molecule has 1 unspecified atom stereocenters. The van der Waals surface area contributed by atoms with Crippen LogP contribution in [0.5, 0.6) is 0 Å². The summed E-state index contributed by atoms with van der Waals surface area (Å²) in [6.07, 6.45) is 8.47. The summed E-state index contributed by atoms with van der Waals surface area (Å²) in [4.78, 5) is 0. The first kappa shape index (κ1) is 8.11. The molecule has 2 rings (SSSR count). The number of ether oxygens (including phenoxy) is 1. The highest BCUT2D eigenvalue weighted by molar-refractivity contribution is 5.06. The Balaban J connectivity index is 1.78. The molecule has 2 aliphatic rings. The SMILES string of the molecule is NC(CC1CCC1)C1=CCCO1. The van der Waals surface area contributed by atoms with Crippen molar-refractivity contribution in [3.05, 3.63) is 11.8 Å². The Morgan fingerprint density at radius 2 is 2.42 bits per heavy atom. The monoisotopic (exact) mass is 167 g/mol. The van der Waals surface area contributed by atoms with Crippen molar-refractivity contribution in [1.82, 2.24) is 0 Å². The Hall–Kier alpha value is -0.500. The van der Waals surface area contributed by atoms with E-state index < -0.39 is 0 Å². The molecule has 0 aromatic heterocycles. The summed E-state index contributed by atoms with van der Waals surface area (Å²) in [7, 11) is 0. The Morgan fingerprint density at radius 3 is 2.92 bits per heavy atom. The second-order valence-corrected chi connectivity index (χ2v) is 3.88. The number of hydrogen-bond acceptors (Lipinski definition) is 2. The molecule has 0 aromatic carbocycles. The van der Waals surface area contributed by atoms with E-state index in [1.807, 2.05) is 0 Å². The average Bonchev–Trinajstić information content (AvgIpc) is 2.47. The van der Waals surface area contributed by atoms with Crippen LogP contribution in [0.2, 0.25) is 0 Å². The van der Waals surface area contributed by atoms with Crippen LogP contribution >= 0.6 is 0 Å². The van der Waals surface area contributed by atoms with Gasteiger partial charge in [0.25, 0.3) is 0 Å². The first-order chi connectivity index (χ1) is 5.86. The van der Waals surface area contributed by atoms with Crippen molar-refractivity contribution in [3.8, 4) is 0 Å². The molecular formula is C10H17NO. The fourth-order valence-corrected chi connectivity index (χ4v) is 1.90. The predicted molar refractivity (Wildman–Crippen MR) is 48.6 cm³/mol. The van der Waals surface area contributed by atoms with Crippen molar-refractivity contribution in [2.45, 2.75) is 38.1 Å². The molecule has 2 nitrogen and oxygen atoms in total. The lowest BCUT2D eigenvalue weighted by Crippen LogP contribution is -2.28. The third-order valence-electron chi connectivity index (χ3n) is 2.91. The minimum Gasteiger partial charge on any atom is -0.496 e. The van der Waals surface area contributed by atoms with Crippen LogP contribution in [-0.4, -0.2) is 12.6 Å². The van der Waals surface area contributed by atoms with E-state index in [1.165, 1.54) is 19.3 Å². The summed E-state index contributed by atoms with van der Waals surface area (Å²) in [5.74, 6) is 1.92. The van der Waals surface area contributed by atoms with Gasteiger partial charge in [-0.3, -0.25) is 0 Å². The minimum absolute atomic E-state index is 0.179. The summed E-state index contributed by atoms with van der Waals surface area (Å²) in [6, 6.07) is 0.179. The second kappa shape index (κ2) is 3.48. The molecule has 0 spiro atoms. The molecule has 0 radical (unpaired) electrons. The predicted octanol–water partition coefficient (Wildman–Crippen LogP) is 1.81. The van der Waals surface area contributed by atoms with Crippen LogP contribution in [0.15, 0.2) is 11.8 Å². The van der Waals surface area contributed by atoms with Gasteiger partial charge in [0, 0.05) is 6.42 Å². The van der Waals surface area contributed by atoms with E-state index in [0.29, 0.717) is 0 Å². The minimum atomic E-state index is 0.179. The maximum atomic E-state index is 6.00. The Morgan fingerprint density at radius 1 is 1.58 bits per heavy atom. The van der Waals surface area contributed by atoms with Gasteiger partial charge in [0.1, 0.15) is 5.76 Å². The van der Waals surface area contributed by atoms with Gasteiger partial charge in [-0.25, -0.2) is 0 Å². The molecule has 1 atom stereocenters. The van der Waals surface area contributed by atoms with E-state index in [4.69, 9.17) is 10.5 Å². The smallest absolute Gasteiger partial charge is 0.109 e. The Bertz CT molecular complexity index is 184. The maximum absolute atomic E-state index is 6.00. The number of rotatable bonds is 3. The average molecular weight is 167 g/mol. The Labute approximate surface area is 73.8 Å². The summed E-state index contributed by atoms with van der Waals surface area (Å²) in [5.41, 5.74) is 6.00. The van der Waals surface area contributed by atoms with Gasteiger partial charge >= 0.3 is 0 Å². The Kier molecular flexibility index (Phi) is 2.35. The quantitative estimate of drug-likeness (QED) is 0.695. The van der Waals surface area contributed by atoms with Crippen molar-refractivity contribution >= 4 is 0 Å². The third-order valence-corrected chi connectivity index (χ3v) is 2.91. The van der Waals surface area contributed by atoms with Crippen LogP contribution in [-0.2, 0) is 4.74 Å². The van der Waals surface area contributed by atoms with Crippen molar-refractivity contribution in [1.29, 1.82) is 0 Å². The topological polar surface area (TPSA) is 35.2 Å². The van der Waals surface area contributed by atoms with Crippen LogP contribution in [0.3, 0.4) is 0 Å². The van der Waals surface area contributed by atoms with Gasteiger partial charge < -0.3 is 10.5 Å². The lowest BCUT2D eigenvalue weighted by atomic mass is 9.81. The van der Waals surface area contributed by atoms with E-state index in [1.54, 1.807) is 0 Å². The largest absolute Gasteiger partial charge is 0.496 e. The first-order valence-corrected chi connectivity index (χ1v) is 4.94. The van der Waals surface area contributed by atoms with Gasteiger partial charge in [-0.15, -0.1) is 0 Å². The van der Waals surface area contributed by atoms with Gasteiger partial charge in [0.15, 0.2) is 0 Å². The zero-order chi connectivity index (χ0) is 8.39. The zero-order valence-electron chi connectivity index (χ0n) is 7.46. The van der Waals surface area contributed by atoms with E-state index >= 15 is 0 Å². The number of nitrogens with two attached hydrogens (primary N) is 1. The third kappa shape index (κ3) is 1.63. The van der Waals surface area contributed by atoms with E-state index in [2.05, 4.69) is 6.08 Å². The van der Waals surface area contributed by atoms with Gasteiger partial charge in [-0.2, -0.15) is 0 Å². The molecule has 1 heterocycles. The van der Waals surface area contributed by atoms with Crippen LogP contribution in [0.4, 0.5) is 0 Å². The highest BCUT2D eigenvalue weighted by atomic mass is 16.5. The fourth-order valence-electron chi connectivity index (χ4n) is 1.90. The van der Waals surface area contributed by atoms with E-state index in [0.717, 1.165) is 31.1 Å². The maximum Gasteiger partial charge on any atom is 0.109 e. The van der Waals surface area contributed by atoms with E-state index in [-0.39, 0.29) is 6.04 Å². The molecule has 0 bridgehead atoms. The molecule has 1 saturated carbocycles. The zero-order valence-corrected chi connectivity index (χ0v) is 7.46. The van der Waals surface area contributed by atoms with Crippen molar-refractivity contribution < 1.29 is 4.74 Å². The number of hydrogen-bond donors (Lipinski definition) is 1. The summed E-state index contributed by atoms with van der Waals surface area (Å²) in [5, 5.41) is 0. The van der Waals surface area contributed by atoms with Crippen molar-refractivity contribution in [2.24, 2.45) is 11.7 Å². The molecule has 2 heteroatoms. The van der Waals surface area contributed by atoms with Gasteiger partial charge in [-0.05, 0) is 18.4 Å². The first-order valence-electron chi connectivity index (χ1n) is 4.94. The highest BCUT2D eigenvalue weighted by Crippen LogP contribution is 2.31. The van der Waals surface area contributed by atoms with Crippen molar-refractivity contribution in [2.75, 3.05) is 6.61 Å². The summed E-state index contributed by atoms with van der Waals surface area (Å²) in [6.45, 7) is 0.841. The normalized spacial score (nSPS) is 25.9. The second-order valence-electron chi connectivity index (χ2n) is 3.88. The highest BCUT2D eigenvalue weighted by Gasteiger charge is 2.23. The molecular weight excluding hydrogens is 150 g/mol. The van der Waals surface area contributed by atoms with Crippen LogP contribution in [0, 0.1) is 5.92 Å².